The van der Waals surface area contributed by atoms with Crippen molar-refractivity contribution in [3.05, 3.63) is 29.0 Å². The van der Waals surface area contributed by atoms with Gasteiger partial charge in [-0.15, -0.1) is 0 Å². The molecule has 0 bridgehead atoms. The highest BCUT2D eigenvalue weighted by atomic mass is 35.5. The number of nitrogens with two attached hydrogens (primary N) is 1. The Morgan fingerprint density at radius 2 is 2.15 bits per heavy atom. The van der Waals surface area contributed by atoms with Crippen molar-refractivity contribution < 1.29 is 0 Å². The molecule has 1 heterocycles. The molecule has 0 fully saturated rings. The maximum absolute atomic E-state index is 6.10. The zero-order valence-corrected chi connectivity index (χ0v) is 13.8. The summed E-state index contributed by atoms with van der Waals surface area (Å²) in [6.07, 6.45) is 7.42. The van der Waals surface area contributed by atoms with Crippen LogP contribution in [0, 0.1) is 0 Å². The standard InChI is InChI=1S/C13H21ClN4.C2H6/c1-11(12-9-16-7-5-13(12)14)17-10-18(2)8-4-3-6-15;1-2/h5,7,9-11H,3-4,6,8,15H2,1-2H3;1-2H3. The van der Waals surface area contributed by atoms with Gasteiger partial charge >= 0.3 is 0 Å². The largest absolute Gasteiger partial charge is 0.366 e. The zero-order chi connectivity index (χ0) is 15.4. The van der Waals surface area contributed by atoms with E-state index in [2.05, 4.69) is 14.9 Å². The summed E-state index contributed by atoms with van der Waals surface area (Å²) in [6.45, 7) is 7.72. The fourth-order valence-corrected chi connectivity index (χ4v) is 1.82. The van der Waals surface area contributed by atoms with Gasteiger partial charge in [0.25, 0.3) is 0 Å². The minimum absolute atomic E-state index is 0.0168. The Morgan fingerprint density at radius 1 is 1.45 bits per heavy atom. The summed E-state index contributed by atoms with van der Waals surface area (Å²) in [6, 6.07) is 1.80. The van der Waals surface area contributed by atoms with Crippen molar-refractivity contribution in [1.82, 2.24) is 9.88 Å². The van der Waals surface area contributed by atoms with Crippen LogP contribution < -0.4 is 5.73 Å². The van der Waals surface area contributed by atoms with Crippen LogP contribution in [-0.2, 0) is 0 Å². The molecule has 1 unspecified atom stereocenters. The fourth-order valence-electron chi connectivity index (χ4n) is 1.55. The van der Waals surface area contributed by atoms with E-state index >= 15 is 0 Å². The molecule has 5 heteroatoms. The third-order valence-electron chi connectivity index (χ3n) is 2.70. The van der Waals surface area contributed by atoms with Gasteiger partial charge in [0.15, 0.2) is 0 Å². The molecule has 0 aliphatic rings. The summed E-state index contributed by atoms with van der Waals surface area (Å²) in [7, 11) is 2.01. The lowest BCUT2D eigenvalue weighted by Crippen LogP contribution is -2.18. The minimum atomic E-state index is 0.0168. The number of nitrogens with zero attached hydrogens (tertiary/aromatic N) is 3. The first-order chi connectivity index (χ1) is 9.65. The summed E-state index contributed by atoms with van der Waals surface area (Å²) in [5, 5.41) is 0.709. The van der Waals surface area contributed by atoms with Crippen LogP contribution in [0.4, 0.5) is 0 Å². The smallest absolute Gasteiger partial charge is 0.0854 e. The lowest BCUT2D eigenvalue weighted by atomic mass is 10.1. The van der Waals surface area contributed by atoms with E-state index < -0.39 is 0 Å². The molecule has 1 aromatic heterocycles. The molecule has 0 aliphatic heterocycles. The number of unbranched alkanes of at least 4 members (excludes halogenated alkanes) is 1. The van der Waals surface area contributed by atoms with Crippen LogP contribution in [0.5, 0.6) is 0 Å². The molecule has 2 N–H and O–H groups in total. The van der Waals surface area contributed by atoms with E-state index in [1.165, 1.54) is 0 Å². The SMILES string of the molecule is CC.CC(N=CN(C)CCCCN)c1cnccc1Cl. The maximum atomic E-state index is 6.10. The first-order valence-electron chi connectivity index (χ1n) is 7.18. The van der Waals surface area contributed by atoms with Crippen LogP contribution in [0.3, 0.4) is 0 Å². The second-order valence-electron chi connectivity index (χ2n) is 4.31. The number of aromatic nitrogens is 1. The molecule has 0 saturated carbocycles. The number of hydrogen-bond acceptors (Lipinski definition) is 3. The number of rotatable bonds is 7. The Morgan fingerprint density at radius 3 is 2.75 bits per heavy atom. The topological polar surface area (TPSA) is 54.5 Å². The lowest BCUT2D eigenvalue weighted by Gasteiger charge is -2.14. The normalized spacial score (nSPS) is 11.9. The third kappa shape index (κ3) is 7.46. The highest BCUT2D eigenvalue weighted by Crippen LogP contribution is 2.23. The molecular weight excluding hydrogens is 272 g/mol. The van der Waals surface area contributed by atoms with Crippen LogP contribution in [-0.4, -0.2) is 36.4 Å². The van der Waals surface area contributed by atoms with E-state index in [1.54, 1.807) is 18.5 Å². The molecule has 0 aromatic carbocycles. The van der Waals surface area contributed by atoms with E-state index in [4.69, 9.17) is 17.3 Å². The molecule has 0 radical (unpaired) electrons. The van der Waals surface area contributed by atoms with E-state index in [-0.39, 0.29) is 6.04 Å². The van der Waals surface area contributed by atoms with Crippen LogP contribution in [0.15, 0.2) is 23.5 Å². The van der Waals surface area contributed by atoms with Gasteiger partial charge in [0, 0.05) is 36.6 Å². The number of hydrogen-bond donors (Lipinski definition) is 1. The van der Waals surface area contributed by atoms with Crippen molar-refractivity contribution in [1.29, 1.82) is 0 Å². The number of aliphatic imine (C=N–C) groups is 1. The van der Waals surface area contributed by atoms with Gasteiger partial charge in [0.2, 0.25) is 0 Å². The lowest BCUT2D eigenvalue weighted by molar-refractivity contribution is 0.488. The molecule has 0 saturated heterocycles. The average molecular weight is 299 g/mol. The van der Waals surface area contributed by atoms with Crippen LogP contribution in [0.2, 0.25) is 5.02 Å². The minimum Gasteiger partial charge on any atom is -0.366 e. The van der Waals surface area contributed by atoms with E-state index in [0.29, 0.717) is 5.02 Å². The Hall–Kier alpha value is -1.13. The Balaban J connectivity index is 0.00000172. The summed E-state index contributed by atoms with van der Waals surface area (Å²) in [5.74, 6) is 0. The summed E-state index contributed by atoms with van der Waals surface area (Å²) < 4.78 is 0. The van der Waals surface area contributed by atoms with Crippen molar-refractivity contribution in [2.24, 2.45) is 10.7 Å². The monoisotopic (exact) mass is 298 g/mol. The van der Waals surface area contributed by atoms with Crippen molar-refractivity contribution in [3.8, 4) is 0 Å². The van der Waals surface area contributed by atoms with Gasteiger partial charge in [-0.2, -0.15) is 0 Å². The van der Waals surface area contributed by atoms with Gasteiger partial charge in [-0.1, -0.05) is 25.4 Å². The molecule has 114 valence electrons. The van der Waals surface area contributed by atoms with Gasteiger partial charge in [0.1, 0.15) is 0 Å². The molecule has 0 spiro atoms. The van der Waals surface area contributed by atoms with Crippen molar-refractivity contribution >= 4 is 17.9 Å². The molecule has 1 aromatic rings. The summed E-state index contributed by atoms with van der Waals surface area (Å²) in [5.41, 5.74) is 6.41. The van der Waals surface area contributed by atoms with E-state index in [9.17, 15) is 0 Å². The Labute approximate surface area is 128 Å². The Kier molecular flexibility index (Phi) is 11.0. The van der Waals surface area contributed by atoms with Gasteiger partial charge in [-0.05, 0) is 32.4 Å². The average Bonchev–Trinajstić information content (AvgIpc) is 2.47. The fraction of sp³-hybridized carbons (Fsp3) is 0.600. The first kappa shape index (κ1) is 18.9. The molecule has 1 atom stereocenters. The first-order valence-corrected chi connectivity index (χ1v) is 7.56. The maximum Gasteiger partial charge on any atom is 0.0854 e. The van der Waals surface area contributed by atoms with Crippen molar-refractivity contribution in [3.63, 3.8) is 0 Å². The molecule has 20 heavy (non-hydrogen) atoms. The second kappa shape index (κ2) is 11.7. The third-order valence-corrected chi connectivity index (χ3v) is 3.04. The molecule has 0 amide bonds. The highest BCUT2D eigenvalue weighted by Gasteiger charge is 2.07. The van der Waals surface area contributed by atoms with Gasteiger partial charge in [-0.25, -0.2) is 0 Å². The number of pyridine rings is 1. The zero-order valence-electron chi connectivity index (χ0n) is 13.0. The molecule has 0 aliphatic carbocycles. The number of halogens is 1. The highest BCUT2D eigenvalue weighted by molar-refractivity contribution is 6.31. The second-order valence-corrected chi connectivity index (χ2v) is 4.72. The Bertz CT molecular complexity index is 382. The molecule has 4 nitrogen and oxygen atoms in total. The predicted octanol–water partition coefficient (Wildman–Crippen LogP) is 3.52. The summed E-state index contributed by atoms with van der Waals surface area (Å²) in [4.78, 5) is 10.6. The van der Waals surface area contributed by atoms with Crippen molar-refractivity contribution in [2.45, 2.75) is 39.7 Å². The van der Waals surface area contributed by atoms with E-state index in [0.717, 1.165) is 31.5 Å². The van der Waals surface area contributed by atoms with Gasteiger partial charge in [0.05, 0.1) is 12.4 Å². The van der Waals surface area contributed by atoms with E-state index in [1.807, 2.05) is 34.2 Å². The quantitative estimate of drug-likeness (QED) is 0.476. The molecular formula is C15H27ClN4. The van der Waals surface area contributed by atoms with Crippen molar-refractivity contribution in [2.75, 3.05) is 20.1 Å². The summed E-state index contributed by atoms with van der Waals surface area (Å²) >= 11 is 6.10. The van der Waals surface area contributed by atoms with Gasteiger partial charge in [-0.3, -0.25) is 9.98 Å². The predicted molar refractivity (Wildman–Crippen MR) is 88.4 cm³/mol. The van der Waals surface area contributed by atoms with Crippen LogP contribution in [0.25, 0.3) is 0 Å². The van der Waals surface area contributed by atoms with Gasteiger partial charge < -0.3 is 10.6 Å². The molecule has 1 rings (SSSR count). The van der Waals surface area contributed by atoms with Crippen LogP contribution >= 0.6 is 11.6 Å². The van der Waals surface area contributed by atoms with Crippen LogP contribution in [0.1, 0.15) is 45.2 Å².